The lowest BCUT2D eigenvalue weighted by molar-refractivity contribution is 0.194. The van der Waals surface area contributed by atoms with Crippen LogP contribution in [0.3, 0.4) is 0 Å². The zero-order valence-electron chi connectivity index (χ0n) is 15.6. The molecule has 0 radical (unpaired) electrons. The molecule has 5 nitrogen and oxygen atoms in total. The highest BCUT2D eigenvalue weighted by molar-refractivity contribution is 5.90. The number of urea groups is 1. The van der Waals surface area contributed by atoms with Crippen LogP contribution in [0, 0.1) is 6.92 Å². The van der Waals surface area contributed by atoms with Crippen LogP contribution in [0.25, 0.3) is 10.9 Å². The van der Waals surface area contributed by atoms with Gasteiger partial charge in [0.05, 0.1) is 11.2 Å². The number of aromatic nitrogens is 1. The van der Waals surface area contributed by atoms with Gasteiger partial charge in [0.15, 0.2) is 0 Å². The van der Waals surface area contributed by atoms with Gasteiger partial charge in [-0.3, -0.25) is 4.98 Å². The highest BCUT2D eigenvalue weighted by atomic mass is 16.2. The molecule has 1 aliphatic rings. The summed E-state index contributed by atoms with van der Waals surface area (Å²) in [5, 5.41) is 4.20. The van der Waals surface area contributed by atoms with Crippen molar-refractivity contribution < 1.29 is 4.79 Å². The van der Waals surface area contributed by atoms with Crippen LogP contribution in [-0.4, -0.2) is 42.1 Å². The number of benzene rings is 2. The minimum atomic E-state index is 0.00828. The lowest BCUT2D eigenvalue weighted by Crippen LogP contribution is -2.51. The monoisotopic (exact) mass is 360 g/mol. The number of piperazine rings is 1. The van der Waals surface area contributed by atoms with Crippen LogP contribution >= 0.6 is 0 Å². The second kappa shape index (κ2) is 7.66. The number of carbonyl (C=O) groups is 1. The molecule has 1 aliphatic heterocycles. The number of hydrogen-bond donors (Lipinski definition) is 1. The topological polar surface area (TPSA) is 48.5 Å². The van der Waals surface area contributed by atoms with Crippen molar-refractivity contribution in [2.24, 2.45) is 0 Å². The zero-order chi connectivity index (χ0) is 18.6. The van der Waals surface area contributed by atoms with E-state index in [-0.39, 0.29) is 6.03 Å². The standard InChI is InChI=1S/C22H24N4O/c1-17-6-2-3-7-19(17)16-24-22(27)26-14-12-25(13-15-26)20-10-4-8-18-9-5-11-23-21(18)20/h2-11H,12-16H2,1H3,(H,24,27). The largest absolute Gasteiger partial charge is 0.366 e. The normalized spacial score (nSPS) is 14.4. The van der Waals surface area contributed by atoms with Gasteiger partial charge in [-0.25, -0.2) is 4.79 Å². The van der Waals surface area contributed by atoms with E-state index >= 15 is 0 Å². The summed E-state index contributed by atoms with van der Waals surface area (Å²) in [7, 11) is 0. The minimum Gasteiger partial charge on any atom is -0.366 e. The molecule has 1 fully saturated rings. The predicted octanol–water partition coefficient (Wildman–Crippen LogP) is 3.58. The van der Waals surface area contributed by atoms with Crippen molar-refractivity contribution in [2.75, 3.05) is 31.1 Å². The van der Waals surface area contributed by atoms with Gasteiger partial charge in [-0.2, -0.15) is 0 Å². The van der Waals surface area contributed by atoms with Crippen LogP contribution in [0.1, 0.15) is 11.1 Å². The number of amides is 2. The summed E-state index contributed by atoms with van der Waals surface area (Å²) in [5.41, 5.74) is 4.53. The molecule has 1 N–H and O–H groups in total. The molecule has 4 rings (SSSR count). The van der Waals surface area contributed by atoms with Gasteiger partial charge in [-0.15, -0.1) is 0 Å². The Kier molecular flexibility index (Phi) is 4.92. The predicted molar refractivity (Wildman–Crippen MR) is 109 cm³/mol. The van der Waals surface area contributed by atoms with Crippen molar-refractivity contribution in [3.63, 3.8) is 0 Å². The highest BCUT2D eigenvalue weighted by Gasteiger charge is 2.22. The lowest BCUT2D eigenvalue weighted by atomic mass is 10.1. The van der Waals surface area contributed by atoms with Crippen molar-refractivity contribution in [3.05, 3.63) is 71.9 Å². The molecular formula is C22H24N4O. The third-order valence-corrected chi connectivity index (χ3v) is 5.21. The minimum absolute atomic E-state index is 0.00828. The van der Waals surface area contributed by atoms with Gasteiger partial charge < -0.3 is 15.1 Å². The van der Waals surface area contributed by atoms with E-state index < -0.39 is 0 Å². The Labute approximate surface area is 159 Å². The van der Waals surface area contributed by atoms with Gasteiger partial charge in [0, 0.05) is 44.3 Å². The number of aryl methyl sites for hydroxylation is 1. The molecule has 0 saturated carbocycles. The molecule has 1 aromatic heterocycles. The van der Waals surface area contributed by atoms with Crippen molar-refractivity contribution in [3.8, 4) is 0 Å². The Balaban J connectivity index is 1.37. The van der Waals surface area contributed by atoms with Crippen LogP contribution in [0.15, 0.2) is 60.8 Å². The summed E-state index contributed by atoms with van der Waals surface area (Å²) >= 11 is 0. The molecule has 5 heteroatoms. The van der Waals surface area contributed by atoms with E-state index in [1.165, 1.54) is 5.56 Å². The molecule has 2 heterocycles. The number of carbonyl (C=O) groups excluding carboxylic acids is 1. The third kappa shape index (κ3) is 3.72. The first-order chi connectivity index (χ1) is 13.2. The average molecular weight is 360 g/mol. The number of fused-ring (bicyclic) bond motifs is 1. The maximum Gasteiger partial charge on any atom is 0.317 e. The van der Waals surface area contributed by atoms with Gasteiger partial charge in [0.2, 0.25) is 0 Å². The second-order valence-corrected chi connectivity index (χ2v) is 6.91. The number of rotatable bonds is 3. The molecule has 0 spiro atoms. The lowest BCUT2D eigenvalue weighted by Gasteiger charge is -2.36. The highest BCUT2D eigenvalue weighted by Crippen LogP contribution is 2.25. The maximum absolute atomic E-state index is 12.5. The fourth-order valence-corrected chi connectivity index (χ4v) is 3.58. The van der Waals surface area contributed by atoms with E-state index in [1.807, 2.05) is 29.3 Å². The molecule has 0 atom stereocenters. The second-order valence-electron chi connectivity index (χ2n) is 6.91. The SMILES string of the molecule is Cc1ccccc1CNC(=O)N1CCN(c2cccc3cccnc23)CC1. The Morgan fingerprint density at radius 2 is 1.78 bits per heavy atom. The Bertz CT molecular complexity index is 942. The fraction of sp³-hybridized carbons (Fsp3) is 0.273. The van der Waals surface area contributed by atoms with E-state index in [0.29, 0.717) is 19.6 Å². The van der Waals surface area contributed by atoms with Gasteiger partial charge in [0.1, 0.15) is 0 Å². The van der Waals surface area contributed by atoms with E-state index in [2.05, 4.69) is 58.5 Å². The molecule has 0 aliphatic carbocycles. The quantitative estimate of drug-likeness (QED) is 0.777. The summed E-state index contributed by atoms with van der Waals surface area (Å²) in [6, 6.07) is 18.5. The number of nitrogens with one attached hydrogen (secondary N) is 1. The Hall–Kier alpha value is -3.08. The zero-order valence-corrected chi connectivity index (χ0v) is 15.6. The van der Waals surface area contributed by atoms with Gasteiger partial charge in [0.25, 0.3) is 0 Å². The molecule has 2 aromatic carbocycles. The number of para-hydroxylation sites is 1. The Morgan fingerprint density at radius 1 is 1.00 bits per heavy atom. The van der Waals surface area contributed by atoms with E-state index in [0.717, 1.165) is 35.2 Å². The van der Waals surface area contributed by atoms with Gasteiger partial charge in [-0.05, 0) is 30.2 Å². The third-order valence-electron chi connectivity index (χ3n) is 5.21. The molecule has 3 aromatic rings. The van der Waals surface area contributed by atoms with Crippen molar-refractivity contribution >= 4 is 22.6 Å². The average Bonchev–Trinajstić information content (AvgIpc) is 2.73. The fourth-order valence-electron chi connectivity index (χ4n) is 3.58. The molecule has 2 amide bonds. The number of anilines is 1. The molecule has 27 heavy (non-hydrogen) atoms. The number of hydrogen-bond acceptors (Lipinski definition) is 3. The first-order valence-corrected chi connectivity index (χ1v) is 9.38. The smallest absolute Gasteiger partial charge is 0.317 e. The molecule has 0 bridgehead atoms. The summed E-state index contributed by atoms with van der Waals surface area (Å²) < 4.78 is 0. The number of pyridine rings is 1. The molecular weight excluding hydrogens is 336 g/mol. The summed E-state index contributed by atoms with van der Waals surface area (Å²) in [6.07, 6.45) is 1.83. The van der Waals surface area contributed by atoms with Crippen molar-refractivity contribution in [2.45, 2.75) is 13.5 Å². The van der Waals surface area contributed by atoms with Gasteiger partial charge in [-0.1, -0.05) is 42.5 Å². The Morgan fingerprint density at radius 3 is 2.59 bits per heavy atom. The molecule has 138 valence electrons. The first kappa shape index (κ1) is 17.3. The van der Waals surface area contributed by atoms with E-state index in [9.17, 15) is 4.79 Å². The van der Waals surface area contributed by atoms with Crippen molar-refractivity contribution in [1.82, 2.24) is 15.2 Å². The van der Waals surface area contributed by atoms with Crippen LogP contribution in [-0.2, 0) is 6.54 Å². The molecule has 1 saturated heterocycles. The number of nitrogens with zero attached hydrogens (tertiary/aromatic N) is 3. The molecule has 0 unspecified atom stereocenters. The van der Waals surface area contributed by atoms with Gasteiger partial charge >= 0.3 is 6.03 Å². The van der Waals surface area contributed by atoms with Crippen LogP contribution in [0.4, 0.5) is 10.5 Å². The first-order valence-electron chi connectivity index (χ1n) is 9.38. The summed E-state index contributed by atoms with van der Waals surface area (Å²) in [5.74, 6) is 0. The van der Waals surface area contributed by atoms with E-state index in [1.54, 1.807) is 0 Å². The summed E-state index contributed by atoms with van der Waals surface area (Å²) in [6.45, 7) is 5.68. The van der Waals surface area contributed by atoms with Crippen LogP contribution < -0.4 is 10.2 Å². The van der Waals surface area contributed by atoms with Crippen molar-refractivity contribution in [1.29, 1.82) is 0 Å². The van der Waals surface area contributed by atoms with Crippen LogP contribution in [0.5, 0.6) is 0 Å². The van der Waals surface area contributed by atoms with E-state index in [4.69, 9.17) is 0 Å². The maximum atomic E-state index is 12.5. The summed E-state index contributed by atoms with van der Waals surface area (Å²) in [4.78, 5) is 21.3. The van der Waals surface area contributed by atoms with Crippen LogP contribution in [0.2, 0.25) is 0 Å².